The van der Waals surface area contributed by atoms with Crippen molar-refractivity contribution >= 4 is 11.6 Å². The molecule has 0 aliphatic carbocycles. The number of piperazine rings is 1. The summed E-state index contributed by atoms with van der Waals surface area (Å²) < 4.78 is 5.18. The van der Waals surface area contributed by atoms with Crippen LogP contribution in [0, 0.1) is 0 Å². The largest absolute Gasteiger partial charge is 0.495 e. The first-order valence-corrected chi connectivity index (χ1v) is 6.69. The second kappa shape index (κ2) is 5.47. The summed E-state index contributed by atoms with van der Waals surface area (Å²) in [4.78, 5) is 2.49. The number of nitrogens with one attached hydrogen (secondary N) is 1. The second-order valence-electron chi connectivity index (χ2n) is 5.38. The van der Waals surface area contributed by atoms with Crippen molar-refractivity contribution in [2.45, 2.75) is 25.9 Å². The average Bonchev–Trinajstić information content (AvgIpc) is 2.32. The summed E-state index contributed by atoms with van der Waals surface area (Å²) in [7, 11) is 1.64. The van der Waals surface area contributed by atoms with Crippen molar-refractivity contribution in [2.75, 3.05) is 26.7 Å². The smallest absolute Gasteiger partial charge is 0.137 e. The van der Waals surface area contributed by atoms with Crippen LogP contribution >= 0.6 is 11.6 Å². The van der Waals surface area contributed by atoms with Gasteiger partial charge in [0.1, 0.15) is 5.75 Å². The third-order valence-corrected chi connectivity index (χ3v) is 3.86. The molecule has 0 aromatic heterocycles. The van der Waals surface area contributed by atoms with Gasteiger partial charge in [0.2, 0.25) is 0 Å². The molecule has 0 bridgehead atoms. The number of rotatable bonds is 3. The minimum absolute atomic E-state index is 0.185. The highest BCUT2D eigenvalue weighted by Gasteiger charge is 2.29. The summed E-state index contributed by atoms with van der Waals surface area (Å²) in [6.45, 7) is 8.60. The Morgan fingerprint density at radius 2 is 2.22 bits per heavy atom. The summed E-state index contributed by atoms with van der Waals surface area (Å²) in [6, 6.07) is 6.02. The van der Waals surface area contributed by atoms with E-state index in [1.807, 2.05) is 12.1 Å². The normalized spacial score (nSPS) is 19.8. The fourth-order valence-electron chi connectivity index (χ4n) is 2.34. The average molecular weight is 269 g/mol. The van der Waals surface area contributed by atoms with E-state index in [9.17, 15) is 0 Å². The zero-order valence-corrected chi connectivity index (χ0v) is 12.0. The molecule has 1 aliphatic rings. The molecule has 100 valence electrons. The molecule has 0 unspecified atom stereocenters. The lowest BCUT2D eigenvalue weighted by Crippen LogP contribution is -2.57. The molecule has 1 aromatic rings. The Balaban J connectivity index is 2.11. The first kappa shape index (κ1) is 13.7. The molecule has 1 aliphatic heterocycles. The predicted molar refractivity (Wildman–Crippen MR) is 75.4 cm³/mol. The van der Waals surface area contributed by atoms with Gasteiger partial charge < -0.3 is 10.1 Å². The van der Waals surface area contributed by atoms with Gasteiger partial charge in [-0.1, -0.05) is 17.7 Å². The Bertz CT molecular complexity index is 420. The number of ether oxygens (including phenoxy) is 1. The fraction of sp³-hybridized carbons (Fsp3) is 0.571. The van der Waals surface area contributed by atoms with E-state index in [0.29, 0.717) is 5.02 Å². The number of nitrogens with zero attached hydrogens (tertiary/aromatic N) is 1. The molecule has 3 nitrogen and oxygen atoms in total. The van der Waals surface area contributed by atoms with E-state index in [1.165, 1.54) is 5.56 Å². The van der Waals surface area contributed by atoms with E-state index in [-0.39, 0.29) is 5.54 Å². The minimum Gasteiger partial charge on any atom is -0.495 e. The van der Waals surface area contributed by atoms with Crippen molar-refractivity contribution in [3.8, 4) is 5.75 Å². The van der Waals surface area contributed by atoms with Gasteiger partial charge in [-0.15, -0.1) is 0 Å². The third-order valence-electron chi connectivity index (χ3n) is 3.56. The van der Waals surface area contributed by atoms with Crippen LogP contribution in [0.2, 0.25) is 5.02 Å². The van der Waals surface area contributed by atoms with Crippen LogP contribution in [-0.2, 0) is 6.54 Å². The molecule has 1 aromatic carbocycles. The van der Waals surface area contributed by atoms with Crippen LogP contribution in [0.4, 0.5) is 0 Å². The summed E-state index contributed by atoms with van der Waals surface area (Å²) in [5.74, 6) is 0.736. The molecule has 1 heterocycles. The molecular formula is C14H21ClN2O. The zero-order chi connectivity index (χ0) is 13.2. The minimum atomic E-state index is 0.185. The van der Waals surface area contributed by atoms with Crippen molar-refractivity contribution in [2.24, 2.45) is 0 Å². The molecule has 18 heavy (non-hydrogen) atoms. The Kier molecular flexibility index (Phi) is 4.15. The van der Waals surface area contributed by atoms with Crippen LogP contribution in [-0.4, -0.2) is 37.2 Å². The maximum atomic E-state index is 6.16. The predicted octanol–water partition coefficient (Wildman–Crippen LogP) is 2.53. The number of methoxy groups -OCH3 is 1. The van der Waals surface area contributed by atoms with Gasteiger partial charge >= 0.3 is 0 Å². The highest BCUT2D eigenvalue weighted by atomic mass is 35.5. The SMILES string of the molecule is COc1ccc(CN2CCNCC2(C)C)cc1Cl. The fourth-order valence-corrected chi connectivity index (χ4v) is 2.62. The number of hydrogen-bond acceptors (Lipinski definition) is 3. The topological polar surface area (TPSA) is 24.5 Å². The van der Waals surface area contributed by atoms with Crippen LogP contribution in [0.1, 0.15) is 19.4 Å². The van der Waals surface area contributed by atoms with Crippen molar-refractivity contribution in [3.63, 3.8) is 0 Å². The molecule has 0 spiro atoms. The van der Waals surface area contributed by atoms with E-state index in [1.54, 1.807) is 7.11 Å². The van der Waals surface area contributed by atoms with Crippen LogP contribution in [0.25, 0.3) is 0 Å². The summed E-state index contributed by atoms with van der Waals surface area (Å²) >= 11 is 6.16. The summed E-state index contributed by atoms with van der Waals surface area (Å²) in [5.41, 5.74) is 1.42. The molecule has 1 fully saturated rings. The highest BCUT2D eigenvalue weighted by Crippen LogP contribution is 2.27. The monoisotopic (exact) mass is 268 g/mol. The van der Waals surface area contributed by atoms with Crippen LogP contribution < -0.4 is 10.1 Å². The first-order chi connectivity index (χ1) is 8.53. The van der Waals surface area contributed by atoms with Gasteiger partial charge in [0.05, 0.1) is 12.1 Å². The van der Waals surface area contributed by atoms with Gasteiger partial charge in [-0.25, -0.2) is 0 Å². The van der Waals surface area contributed by atoms with Crippen molar-refractivity contribution in [1.29, 1.82) is 0 Å². The Labute approximate surface area is 114 Å². The Morgan fingerprint density at radius 3 is 2.83 bits per heavy atom. The van der Waals surface area contributed by atoms with E-state index < -0.39 is 0 Å². The number of hydrogen-bond donors (Lipinski definition) is 1. The number of benzene rings is 1. The molecule has 0 amide bonds. The maximum Gasteiger partial charge on any atom is 0.137 e. The van der Waals surface area contributed by atoms with Gasteiger partial charge in [0, 0.05) is 31.7 Å². The maximum absolute atomic E-state index is 6.16. The molecule has 1 N–H and O–H groups in total. The van der Waals surface area contributed by atoms with Gasteiger partial charge in [0.25, 0.3) is 0 Å². The standard InChI is InChI=1S/C14H21ClN2O/c1-14(2)10-16-6-7-17(14)9-11-4-5-13(18-3)12(15)8-11/h4-5,8,16H,6-7,9-10H2,1-3H3. The first-order valence-electron chi connectivity index (χ1n) is 6.31. The summed E-state index contributed by atoms with van der Waals surface area (Å²) in [6.07, 6.45) is 0. The molecule has 4 heteroatoms. The van der Waals surface area contributed by atoms with E-state index >= 15 is 0 Å². The second-order valence-corrected chi connectivity index (χ2v) is 5.79. The van der Waals surface area contributed by atoms with Crippen molar-refractivity contribution in [1.82, 2.24) is 10.2 Å². The molecule has 1 saturated heterocycles. The lowest BCUT2D eigenvalue weighted by molar-refractivity contribution is 0.0827. The molecule has 2 rings (SSSR count). The molecule has 0 atom stereocenters. The lowest BCUT2D eigenvalue weighted by Gasteiger charge is -2.43. The van der Waals surface area contributed by atoms with E-state index in [0.717, 1.165) is 31.9 Å². The van der Waals surface area contributed by atoms with E-state index in [4.69, 9.17) is 16.3 Å². The Morgan fingerprint density at radius 1 is 1.44 bits per heavy atom. The lowest BCUT2D eigenvalue weighted by atomic mass is 9.99. The van der Waals surface area contributed by atoms with Gasteiger partial charge in [-0.05, 0) is 31.5 Å². The summed E-state index contributed by atoms with van der Waals surface area (Å²) in [5, 5.41) is 4.12. The Hall–Kier alpha value is -0.770. The van der Waals surface area contributed by atoms with Crippen LogP contribution in [0.5, 0.6) is 5.75 Å². The van der Waals surface area contributed by atoms with Gasteiger partial charge in [-0.3, -0.25) is 4.90 Å². The van der Waals surface area contributed by atoms with Crippen molar-refractivity contribution in [3.05, 3.63) is 28.8 Å². The van der Waals surface area contributed by atoms with Crippen molar-refractivity contribution < 1.29 is 4.74 Å². The van der Waals surface area contributed by atoms with Gasteiger partial charge in [0.15, 0.2) is 0 Å². The van der Waals surface area contributed by atoms with E-state index in [2.05, 4.69) is 30.1 Å². The molecular weight excluding hydrogens is 248 g/mol. The number of halogens is 1. The van der Waals surface area contributed by atoms with Crippen LogP contribution in [0.3, 0.4) is 0 Å². The zero-order valence-electron chi connectivity index (χ0n) is 11.3. The quantitative estimate of drug-likeness (QED) is 0.912. The molecule has 0 saturated carbocycles. The highest BCUT2D eigenvalue weighted by molar-refractivity contribution is 6.32. The van der Waals surface area contributed by atoms with Gasteiger partial charge in [-0.2, -0.15) is 0 Å². The third kappa shape index (κ3) is 2.97. The van der Waals surface area contributed by atoms with Crippen LogP contribution in [0.15, 0.2) is 18.2 Å². The molecule has 0 radical (unpaired) electrons.